The SMILES string of the molecule is C.CC(C)(C)OC(=O)N1CC(N)C1.CCC(=O)CC1CN(C(=O)OC(C)(C)C)C1.CCC(=O)CC1CNC1.CCl. The summed E-state index contributed by atoms with van der Waals surface area (Å²) < 4.78 is 10.3. The lowest BCUT2D eigenvalue weighted by Gasteiger charge is -2.39. The Bertz CT molecular complexity index is 765. The monoisotopic (exact) mass is 592 g/mol. The molecule has 3 rings (SSSR count). The summed E-state index contributed by atoms with van der Waals surface area (Å²) in [6.45, 7) is 19.5. The van der Waals surface area contributed by atoms with Crippen molar-refractivity contribution in [3.8, 4) is 0 Å². The first-order valence-corrected chi connectivity index (χ1v) is 14.6. The van der Waals surface area contributed by atoms with Crippen LogP contribution in [-0.4, -0.2) is 96.4 Å². The van der Waals surface area contributed by atoms with E-state index in [2.05, 4.69) is 16.9 Å². The van der Waals surface area contributed by atoms with Crippen molar-refractivity contribution in [2.24, 2.45) is 17.6 Å². The number of carbonyl (C=O) groups excluding carboxylic acids is 4. The van der Waals surface area contributed by atoms with Crippen LogP contribution in [0.1, 0.15) is 88.5 Å². The first-order valence-electron chi connectivity index (χ1n) is 13.9. The summed E-state index contributed by atoms with van der Waals surface area (Å²) in [5, 5.41) is 3.14. The van der Waals surface area contributed by atoms with Crippen molar-refractivity contribution in [2.45, 2.75) is 106 Å². The normalized spacial score (nSPS) is 16.9. The van der Waals surface area contributed by atoms with Gasteiger partial charge in [0.2, 0.25) is 0 Å². The lowest BCUT2D eigenvalue weighted by molar-refractivity contribution is -0.121. The van der Waals surface area contributed by atoms with Crippen LogP contribution in [0.2, 0.25) is 0 Å². The summed E-state index contributed by atoms with van der Waals surface area (Å²) in [5.74, 6) is 1.66. The molecule has 0 aromatic heterocycles. The fourth-order valence-corrected chi connectivity index (χ4v) is 3.59. The zero-order valence-electron chi connectivity index (χ0n) is 25.6. The van der Waals surface area contributed by atoms with Gasteiger partial charge in [0.05, 0.1) is 0 Å². The van der Waals surface area contributed by atoms with E-state index in [1.165, 1.54) is 6.38 Å². The van der Waals surface area contributed by atoms with E-state index in [1.54, 1.807) is 9.80 Å². The van der Waals surface area contributed by atoms with E-state index >= 15 is 0 Å². The quantitative estimate of drug-likeness (QED) is 0.418. The van der Waals surface area contributed by atoms with Gasteiger partial charge in [-0.25, -0.2) is 9.59 Å². The van der Waals surface area contributed by atoms with Crippen LogP contribution in [0, 0.1) is 11.8 Å². The van der Waals surface area contributed by atoms with Gasteiger partial charge in [0.25, 0.3) is 0 Å². The van der Waals surface area contributed by atoms with Crippen LogP contribution >= 0.6 is 11.6 Å². The molecule has 3 aliphatic rings. The molecule has 0 radical (unpaired) electrons. The molecule has 0 atom stereocenters. The van der Waals surface area contributed by atoms with E-state index in [-0.39, 0.29) is 31.4 Å². The van der Waals surface area contributed by atoms with Crippen molar-refractivity contribution in [3.63, 3.8) is 0 Å². The Balaban J connectivity index is 0. The maximum absolute atomic E-state index is 11.6. The molecule has 0 aliphatic carbocycles. The molecule has 0 aromatic rings. The van der Waals surface area contributed by atoms with Crippen molar-refractivity contribution < 1.29 is 28.7 Å². The van der Waals surface area contributed by atoms with E-state index < -0.39 is 11.2 Å². The summed E-state index contributed by atoms with van der Waals surface area (Å²) in [7, 11) is 0. The molecule has 0 saturated carbocycles. The molecule has 3 saturated heterocycles. The van der Waals surface area contributed by atoms with E-state index in [0.29, 0.717) is 63.1 Å². The molecule has 0 spiro atoms. The zero-order valence-corrected chi connectivity index (χ0v) is 26.4. The number of ether oxygens (including phenoxy) is 2. The van der Waals surface area contributed by atoms with Gasteiger partial charge < -0.3 is 30.3 Å². The molecular weight excluding hydrogens is 536 g/mol. The number of Topliss-reactive ketones (excluding diaryl/α,β-unsaturated/α-hetero) is 2. The molecule has 3 N–H and O–H groups in total. The van der Waals surface area contributed by atoms with Crippen LogP contribution in [0.3, 0.4) is 0 Å². The van der Waals surface area contributed by atoms with Crippen LogP contribution in [0.15, 0.2) is 0 Å². The van der Waals surface area contributed by atoms with Gasteiger partial charge in [0.1, 0.15) is 22.8 Å². The highest BCUT2D eigenvalue weighted by Crippen LogP contribution is 2.22. The molecule has 0 unspecified atom stereocenters. The Morgan fingerprint density at radius 2 is 1.10 bits per heavy atom. The first kappa shape index (κ1) is 40.2. The lowest BCUT2D eigenvalue weighted by Crippen LogP contribution is -2.58. The maximum atomic E-state index is 11.6. The molecule has 3 aliphatic heterocycles. The largest absolute Gasteiger partial charge is 0.444 e. The molecule has 236 valence electrons. The fourth-order valence-electron chi connectivity index (χ4n) is 3.59. The van der Waals surface area contributed by atoms with Crippen LogP contribution < -0.4 is 11.1 Å². The van der Waals surface area contributed by atoms with Crippen LogP contribution in [0.4, 0.5) is 9.59 Å². The van der Waals surface area contributed by atoms with Gasteiger partial charge in [0.15, 0.2) is 0 Å². The van der Waals surface area contributed by atoms with Crippen molar-refractivity contribution in [1.29, 1.82) is 0 Å². The van der Waals surface area contributed by atoms with Crippen LogP contribution in [-0.2, 0) is 19.1 Å². The summed E-state index contributed by atoms with van der Waals surface area (Å²) in [6, 6.07) is 0.137. The van der Waals surface area contributed by atoms with Crippen molar-refractivity contribution in [1.82, 2.24) is 15.1 Å². The maximum Gasteiger partial charge on any atom is 0.410 e. The number of likely N-dealkylation sites (tertiary alicyclic amines) is 2. The highest BCUT2D eigenvalue weighted by atomic mass is 35.5. The summed E-state index contributed by atoms with van der Waals surface area (Å²) >= 11 is 4.64. The Kier molecular flexibility index (Phi) is 19.4. The van der Waals surface area contributed by atoms with Gasteiger partial charge in [0, 0.05) is 70.2 Å². The van der Waals surface area contributed by atoms with Gasteiger partial charge >= 0.3 is 12.2 Å². The molecule has 2 amide bonds. The Labute approximate surface area is 248 Å². The van der Waals surface area contributed by atoms with Crippen LogP contribution in [0.25, 0.3) is 0 Å². The van der Waals surface area contributed by atoms with Crippen molar-refractivity contribution >= 4 is 35.4 Å². The van der Waals surface area contributed by atoms with Gasteiger partial charge in [-0.2, -0.15) is 0 Å². The number of nitrogens with two attached hydrogens (primary N) is 1. The fraction of sp³-hybridized carbons (Fsp3) is 0.862. The number of hydrogen-bond donors (Lipinski definition) is 2. The van der Waals surface area contributed by atoms with Crippen molar-refractivity contribution in [3.05, 3.63) is 0 Å². The van der Waals surface area contributed by atoms with E-state index in [0.717, 1.165) is 19.5 Å². The summed E-state index contributed by atoms with van der Waals surface area (Å²) in [5.41, 5.74) is 4.67. The van der Waals surface area contributed by atoms with Gasteiger partial charge in [-0.1, -0.05) is 21.3 Å². The number of alkyl halides is 1. The highest BCUT2D eigenvalue weighted by molar-refractivity contribution is 6.15. The average Bonchev–Trinajstić information content (AvgIpc) is 2.75. The minimum atomic E-state index is -0.443. The number of nitrogens with one attached hydrogen (secondary N) is 1. The standard InChI is InChI=1S/C12H21NO3.C8H16N2O2.C7H13NO.CH3Cl.CH4/c1-5-10(14)6-9-7-13(8-9)11(15)16-12(2,3)4;1-8(2,3)12-7(11)10-4-6(9)5-10;1-2-7(9)3-6-4-8-5-6;1-2;/h9H,5-8H2,1-4H3;6H,4-5,9H2,1-3H3;6,8H,2-5H2,1H3;1H3;1H4. The Hall–Kier alpha value is -1.91. The predicted octanol–water partition coefficient (Wildman–Crippen LogP) is 4.85. The van der Waals surface area contributed by atoms with Crippen LogP contribution in [0.5, 0.6) is 0 Å². The number of rotatable bonds is 6. The molecule has 0 bridgehead atoms. The minimum Gasteiger partial charge on any atom is -0.444 e. The van der Waals surface area contributed by atoms with Gasteiger partial charge in [-0.15, -0.1) is 11.6 Å². The minimum absolute atomic E-state index is 0. The third kappa shape index (κ3) is 17.7. The number of halogens is 1. The zero-order chi connectivity index (χ0) is 30.4. The highest BCUT2D eigenvalue weighted by Gasteiger charge is 2.34. The topological polar surface area (TPSA) is 131 Å². The lowest BCUT2D eigenvalue weighted by atomic mass is 9.94. The second kappa shape index (κ2) is 19.3. The number of hydrogen-bond acceptors (Lipinski definition) is 8. The van der Waals surface area contributed by atoms with Gasteiger partial charge in [-0.05, 0) is 60.5 Å². The van der Waals surface area contributed by atoms with E-state index in [9.17, 15) is 19.2 Å². The Morgan fingerprint density at radius 1 is 0.750 bits per heavy atom. The average molecular weight is 593 g/mol. The molecule has 11 heteroatoms. The van der Waals surface area contributed by atoms with Gasteiger partial charge in [-0.3, -0.25) is 9.59 Å². The number of ketones is 2. The molecule has 0 aromatic carbocycles. The third-order valence-corrected chi connectivity index (χ3v) is 5.86. The molecule has 40 heavy (non-hydrogen) atoms. The van der Waals surface area contributed by atoms with Crippen molar-refractivity contribution in [2.75, 3.05) is 45.7 Å². The smallest absolute Gasteiger partial charge is 0.410 e. The number of nitrogens with zero attached hydrogens (tertiary/aromatic N) is 2. The predicted molar refractivity (Wildman–Crippen MR) is 162 cm³/mol. The van der Waals surface area contributed by atoms with E-state index in [1.807, 2.05) is 55.4 Å². The van der Waals surface area contributed by atoms with E-state index in [4.69, 9.17) is 15.2 Å². The third-order valence-electron chi connectivity index (χ3n) is 5.86. The molecule has 3 fully saturated rings. The number of carbonyl (C=O) groups is 4. The first-order chi connectivity index (χ1) is 18.0. The second-order valence-corrected chi connectivity index (χ2v) is 12.1. The molecular formula is C29H57ClN4O6. The molecule has 3 heterocycles. The summed E-state index contributed by atoms with van der Waals surface area (Å²) in [6.07, 6.45) is 3.62. The Morgan fingerprint density at radius 3 is 1.38 bits per heavy atom. The summed E-state index contributed by atoms with van der Waals surface area (Å²) in [4.78, 5) is 48.0. The second-order valence-electron chi connectivity index (χ2n) is 12.1. The number of amides is 2. The molecule has 10 nitrogen and oxygen atoms in total.